The van der Waals surface area contributed by atoms with Gasteiger partial charge in [-0.05, 0) is 36.4 Å². The molecule has 4 rings (SSSR count). The normalized spacial score (nSPS) is 14.1. The fourth-order valence-electron chi connectivity index (χ4n) is 3.33. The molecular formula is C19H17FN6O3. The number of nitro groups is 1. The Kier molecular flexibility index (Phi) is 4.90. The number of aromatic nitrogens is 3. The van der Waals surface area contributed by atoms with E-state index in [4.69, 9.17) is 0 Å². The van der Waals surface area contributed by atoms with E-state index in [1.54, 1.807) is 23.1 Å². The maximum atomic E-state index is 13.1. The largest absolute Gasteiger partial charge is 0.368 e. The molecule has 1 aliphatic heterocycles. The number of carbonyl (C=O) groups is 1. The van der Waals surface area contributed by atoms with Crippen molar-refractivity contribution in [1.29, 1.82) is 0 Å². The molecule has 2 heterocycles. The van der Waals surface area contributed by atoms with Gasteiger partial charge in [0.1, 0.15) is 24.2 Å². The molecule has 10 heteroatoms. The second-order valence-electron chi connectivity index (χ2n) is 6.56. The van der Waals surface area contributed by atoms with Gasteiger partial charge in [0.2, 0.25) is 0 Å². The van der Waals surface area contributed by atoms with Crippen molar-refractivity contribution in [2.24, 2.45) is 0 Å². The van der Waals surface area contributed by atoms with Crippen molar-refractivity contribution >= 4 is 17.3 Å². The van der Waals surface area contributed by atoms with Crippen LogP contribution in [0.4, 0.5) is 15.8 Å². The first kappa shape index (κ1) is 18.5. The van der Waals surface area contributed by atoms with Crippen molar-refractivity contribution in [3.05, 3.63) is 76.6 Å². The van der Waals surface area contributed by atoms with Crippen LogP contribution in [0.1, 0.15) is 10.4 Å². The lowest BCUT2D eigenvalue weighted by Crippen LogP contribution is -2.48. The quantitative estimate of drug-likeness (QED) is 0.496. The minimum atomic E-state index is -0.541. The Morgan fingerprint density at radius 2 is 1.79 bits per heavy atom. The number of amides is 1. The molecule has 1 fully saturated rings. The van der Waals surface area contributed by atoms with Gasteiger partial charge >= 0.3 is 0 Å². The lowest BCUT2D eigenvalue weighted by Gasteiger charge is -2.36. The number of anilines is 1. The number of hydrogen-bond acceptors (Lipinski definition) is 6. The number of rotatable bonds is 4. The van der Waals surface area contributed by atoms with Gasteiger partial charge in [-0.3, -0.25) is 14.9 Å². The zero-order valence-electron chi connectivity index (χ0n) is 15.3. The number of hydrogen-bond donors (Lipinski definition) is 0. The summed E-state index contributed by atoms with van der Waals surface area (Å²) in [4.78, 5) is 31.3. The Bertz CT molecular complexity index is 1030. The number of carbonyl (C=O) groups excluding carboxylic acids is 1. The van der Waals surface area contributed by atoms with Crippen molar-refractivity contribution < 1.29 is 14.1 Å². The van der Waals surface area contributed by atoms with E-state index in [0.717, 1.165) is 5.69 Å². The molecule has 0 bridgehead atoms. The van der Waals surface area contributed by atoms with Gasteiger partial charge in [0.15, 0.2) is 0 Å². The third-order valence-electron chi connectivity index (χ3n) is 4.84. The molecule has 0 atom stereocenters. The van der Waals surface area contributed by atoms with E-state index in [1.165, 1.54) is 41.6 Å². The third kappa shape index (κ3) is 3.77. The molecule has 0 radical (unpaired) electrons. The summed E-state index contributed by atoms with van der Waals surface area (Å²) in [6, 6.07) is 10.5. The van der Waals surface area contributed by atoms with Crippen LogP contribution in [0.25, 0.3) is 5.69 Å². The van der Waals surface area contributed by atoms with E-state index in [1.807, 2.05) is 0 Å². The minimum absolute atomic E-state index is 0.216. The lowest BCUT2D eigenvalue weighted by molar-refractivity contribution is -0.384. The van der Waals surface area contributed by atoms with Crippen LogP contribution in [-0.4, -0.2) is 56.7 Å². The van der Waals surface area contributed by atoms with Gasteiger partial charge in [0.05, 0.1) is 4.92 Å². The van der Waals surface area contributed by atoms with Crippen LogP contribution in [0.15, 0.2) is 55.1 Å². The van der Waals surface area contributed by atoms with Crippen LogP contribution in [0.2, 0.25) is 0 Å². The van der Waals surface area contributed by atoms with Crippen LogP contribution >= 0.6 is 0 Å². The summed E-state index contributed by atoms with van der Waals surface area (Å²) in [7, 11) is 0. The first-order chi connectivity index (χ1) is 14.0. The molecule has 0 saturated carbocycles. The topological polar surface area (TPSA) is 97.4 Å². The van der Waals surface area contributed by atoms with Crippen molar-refractivity contribution in [2.45, 2.75) is 0 Å². The van der Waals surface area contributed by atoms with Crippen LogP contribution < -0.4 is 4.90 Å². The van der Waals surface area contributed by atoms with E-state index < -0.39 is 4.92 Å². The van der Waals surface area contributed by atoms with Gasteiger partial charge < -0.3 is 9.80 Å². The van der Waals surface area contributed by atoms with Crippen molar-refractivity contribution in [3.8, 4) is 5.69 Å². The first-order valence-corrected chi connectivity index (χ1v) is 8.96. The van der Waals surface area contributed by atoms with E-state index in [-0.39, 0.29) is 28.7 Å². The van der Waals surface area contributed by atoms with Gasteiger partial charge in [0, 0.05) is 43.5 Å². The average molecular weight is 396 g/mol. The number of benzene rings is 2. The Morgan fingerprint density at radius 3 is 2.41 bits per heavy atom. The van der Waals surface area contributed by atoms with Gasteiger partial charge in [0.25, 0.3) is 11.6 Å². The molecule has 148 valence electrons. The number of piperazine rings is 1. The Hall–Kier alpha value is -3.82. The predicted molar refractivity (Wildman–Crippen MR) is 103 cm³/mol. The second-order valence-corrected chi connectivity index (χ2v) is 6.56. The highest BCUT2D eigenvalue weighted by molar-refractivity contribution is 5.95. The van der Waals surface area contributed by atoms with Crippen LogP contribution in [0.5, 0.6) is 0 Å². The number of nitrogens with zero attached hydrogens (tertiary/aromatic N) is 6. The van der Waals surface area contributed by atoms with Crippen molar-refractivity contribution in [3.63, 3.8) is 0 Å². The summed E-state index contributed by atoms with van der Waals surface area (Å²) in [6.07, 6.45) is 2.64. The molecule has 3 aromatic rings. The molecule has 1 aromatic heterocycles. The highest BCUT2D eigenvalue weighted by atomic mass is 19.1. The summed E-state index contributed by atoms with van der Waals surface area (Å²) in [5.41, 5.74) is 1.17. The zero-order chi connectivity index (χ0) is 20.4. The average Bonchev–Trinajstić information content (AvgIpc) is 3.28. The molecule has 1 saturated heterocycles. The van der Waals surface area contributed by atoms with Crippen molar-refractivity contribution in [1.82, 2.24) is 19.7 Å². The summed E-state index contributed by atoms with van der Waals surface area (Å²) >= 11 is 0. The minimum Gasteiger partial charge on any atom is -0.368 e. The fourth-order valence-corrected chi connectivity index (χ4v) is 3.33. The van der Waals surface area contributed by atoms with Gasteiger partial charge in [-0.1, -0.05) is 0 Å². The van der Waals surface area contributed by atoms with Crippen molar-refractivity contribution in [2.75, 3.05) is 31.1 Å². The zero-order valence-corrected chi connectivity index (χ0v) is 15.3. The third-order valence-corrected chi connectivity index (χ3v) is 4.84. The van der Waals surface area contributed by atoms with Gasteiger partial charge in [-0.25, -0.2) is 14.1 Å². The highest BCUT2D eigenvalue weighted by Gasteiger charge is 2.25. The number of nitro benzene ring substituents is 1. The monoisotopic (exact) mass is 396 g/mol. The Balaban J connectivity index is 1.49. The SMILES string of the molecule is O=C(c1ccc(-n2cncn2)c([N+](=O)[O-])c1)N1CCN(c2ccc(F)cc2)CC1. The molecule has 29 heavy (non-hydrogen) atoms. The fraction of sp³-hybridized carbons (Fsp3) is 0.211. The molecule has 2 aromatic carbocycles. The highest BCUT2D eigenvalue weighted by Crippen LogP contribution is 2.25. The predicted octanol–water partition coefficient (Wildman–Crippen LogP) is 2.28. The van der Waals surface area contributed by atoms with Crippen LogP contribution in [0.3, 0.4) is 0 Å². The molecule has 0 spiro atoms. The molecule has 0 N–H and O–H groups in total. The standard InChI is InChI=1S/C19H17FN6O3/c20-15-2-4-16(5-3-15)23-7-9-24(10-8-23)19(27)14-1-6-17(18(11-14)26(28)29)25-13-21-12-22-25/h1-6,11-13H,7-10H2. The summed E-state index contributed by atoms with van der Waals surface area (Å²) in [5, 5.41) is 15.4. The molecule has 9 nitrogen and oxygen atoms in total. The van der Waals surface area contributed by atoms with E-state index >= 15 is 0 Å². The van der Waals surface area contributed by atoms with E-state index in [2.05, 4.69) is 15.0 Å². The first-order valence-electron chi connectivity index (χ1n) is 8.96. The molecule has 0 unspecified atom stereocenters. The second kappa shape index (κ2) is 7.66. The maximum absolute atomic E-state index is 13.1. The van der Waals surface area contributed by atoms with Crippen LogP contribution in [-0.2, 0) is 0 Å². The van der Waals surface area contributed by atoms with E-state index in [9.17, 15) is 19.3 Å². The number of halogens is 1. The summed E-state index contributed by atoms with van der Waals surface area (Å²) in [5.74, 6) is -0.560. The summed E-state index contributed by atoms with van der Waals surface area (Å²) < 4.78 is 14.4. The van der Waals surface area contributed by atoms with Crippen LogP contribution in [0, 0.1) is 15.9 Å². The maximum Gasteiger partial charge on any atom is 0.295 e. The molecule has 0 aliphatic carbocycles. The Morgan fingerprint density at radius 1 is 1.07 bits per heavy atom. The van der Waals surface area contributed by atoms with Gasteiger partial charge in [-0.15, -0.1) is 0 Å². The van der Waals surface area contributed by atoms with E-state index in [0.29, 0.717) is 26.2 Å². The lowest BCUT2D eigenvalue weighted by atomic mass is 10.1. The smallest absolute Gasteiger partial charge is 0.295 e. The molecule has 1 amide bonds. The molecule has 1 aliphatic rings. The Labute approximate surface area is 165 Å². The molecular weight excluding hydrogens is 379 g/mol. The van der Waals surface area contributed by atoms with Gasteiger partial charge in [-0.2, -0.15) is 5.10 Å². The summed E-state index contributed by atoms with van der Waals surface area (Å²) in [6.45, 7) is 2.12.